The third-order valence-corrected chi connectivity index (χ3v) is 3.25. The zero-order valence-electron chi connectivity index (χ0n) is 11.6. The van der Waals surface area contributed by atoms with Crippen LogP contribution in [0.5, 0.6) is 0 Å². The van der Waals surface area contributed by atoms with Crippen molar-refractivity contribution >= 4 is 28.1 Å². The van der Waals surface area contributed by atoms with Crippen LogP contribution in [0.2, 0.25) is 0 Å². The van der Waals surface area contributed by atoms with Gasteiger partial charge in [0.1, 0.15) is 5.69 Å². The molecule has 3 N–H and O–H groups in total. The largest absolute Gasteiger partial charge is 0.399 e. The van der Waals surface area contributed by atoms with Gasteiger partial charge in [-0.2, -0.15) is 5.26 Å². The van der Waals surface area contributed by atoms with E-state index >= 15 is 0 Å². The summed E-state index contributed by atoms with van der Waals surface area (Å²) in [5, 5.41) is 13.2. The molecular formula is C17H12N4O. The highest BCUT2D eigenvalue weighted by molar-refractivity contribution is 6.11. The topological polar surface area (TPSA) is 91.8 Å². The second-order valence-corrected chi connectivity index (χ2v) is 4.79. The van der Waals surface area contributed by atoms with Gasteiger partial charge in [-0.3, -0.25) is 9.78 Å². The Bertz CT molecular complexity index is 912. The van der Waals surface area contributed by atoms with Crippen molar-refractivity contribution in [3.8, 4) is 6.07 Å². The van der Waals surface area contributed by atoms with E-state index in [1.807, 2.05) is 18.2 Å². The molecule has 2 aromatic carbocycles. The first kappa shape index (κ1) is 13.6. The van der Waals surface area contributed by atoms with Crippen LogP contribution in [0.15, 0.2) is 54.7 Å². The minimum Gasteiger partial charge on any atom is -0.399 e. The third kappa shape index (κ3) is 2.58. The number of nitrogen functional groups attached to an aromatic ring is 1. The molecule has 0 spiro atoms. The number of aromatic nitrogens is 1. The second kappa shape index (κ2) is 5.54. The van der Waals surface area contributed by atoms with Gasteiger partial charge in [0.05, 0.1) is 11.6 Å². The maximum absolute atomic E-state index is 12.4. The number of carbonyl (C=O) groups excluding carboxylic acids is 1. The number of carbonyl (C=O) groups is 1. The van der Waals surface area contributed by atoms with Crippen LogP contribution in [0.1, 0.15) is 16.1 Å². The molecule has 0 aliphatic rings. The smallest absolute Gasteiger partial charge is 0.274 e. The van der Waals surface area contributed by atoms with Gasteiger partial charge in [0, 0.05) is 23.0 Å². The van der Waals surface area contributed by atoms with Gasteiger partial charge in [0.2, 0.25) is 0 Å². The lowest BCUT2D eigenvalue weighted by molar-refractivity contribution is 0.102. The van der Waals surface area contributed by atoms with Crippen molar-refractivity contribution in [3.05, 3.63) is 66.0 Å². The van der Waals surface area contributed by atoms with E-state index in [9.17, 15) is 4.79 Å². The number of hydrogen-bond donors (Lipinski definition) is 2. The van der Waals surface area contributed by atoms with Crippen LogP contribution in [-0.4, -0.2) is 10.9 Å². The van der Waals surface area contributed by atoms with Gasteiger partial charge in [-0.05, 0) is 41.8 Å². The molecule has 3 aromatic rings. The number of nitrogens with two attached hydrogens (primary N) is 1. The second-order valence-electron chi connectivity index (χ2n) is 4.79. The van der Waals surface area contributed by atoms with E-state index in [2.05, 4.69) is 10.3 Å². The quantitative estimate of drug-likeness (QED) is 0.709. The van der Waals surface area contributed by atoms with Gasteiger partial charge in [-0.25, -0.2) is 0 Å². The molecule has 0 saturated heterocycles. The molecule has 3 rings (SSSR count). The summed E-state index contributed by atoms with van der Waals surface area (Å²) in [4.78, 5) is 16.6. The summed E-state index contributed by atoms with van der Waals surface area (Å²) in [6, 6.07) is 15.9. The van der Waals surface area contributed by atoms with Gasteiger partial charge in [0.15, 0.2) is 0 Å². The molecule has 0 radical (unpaired) electrons. The number of pyridine rings is 1. The SMILES string of the molecule is N#Cc1cccc(NC(=O)c2nccc3ccc(N)cc23)c1. The summed E-state index contributed by atoms with van der Waals surface area (Å²) in [7, 11) is 0. The van der Waals surface area contributed by atoms with E-state index in [4.69, 9.17) is 11.0 Å². The first-order valence-corrected chi connectivity index (χ1v) is 6.63. The fraction of sp³-hybridized carbons (Fsp3) is 0. The van der Waals surface area contributed by atoms with Crippen LogP contribution >= 0.6 is 0 Å². The molecule has 5 heteroatoms. The number of benzene rings is 2. The molecule has 0 bridgehead atoms. The minimum atomic E-state index is -0.341. The Morgan fingerprint density at radius 2 is 2.05 bits per heavy atom. The van der Waals surface area contributed by atoms with Gasteiger partial charge in [-0.1, -0.05) is 12.1 Å². The van der Waals surface area contributed by atoms with Crippen LogP contribution in [-0.2, 0) is 0 Å². The summed E-state index contributed by atoms with van der Waals surface area (Å²) in [6.45, 7) is 0. The predicted octanol–water partition coefficient (Wildman–Crippen LogP) is 2.94. The summed E-state index contributed by atoms with van der Waals surface area (Å²) in [6.07, 6.45) is 1.58. The third-order valence-electron chi connectivity index (χ3n) is 3.25. The molecule has 1 aromatic heterocycles. The normalized spacial score (nSPS) is 10.1. The number of rotatable bonds is 2. The van der Waals surface area contributed by atoms with E-state index < -0.39 is 0 Å². The Morgan fingerprint density at radius 1 is 1.18 bits per heavy atom. The highest BCUT2D eigenvalue weighted by Gasteiger charge is 2.12. The maximum Gasteiger partial charge on any atom is 0.274 e. The molecule has 0 aliphatic heterocycles. The predicted molar refractivity (Wildman–Crippen MR) is 85.3 cm³/mol. The molecule has 106 valence electrons. The highest BCUT2D eigenvalue weighted by Crippen LogP contribution is 2.21. The Kier molecular flexibility index (Phi) is 3.42. The van der Waals surface area contributed by atoms with Crippen LogP contribution in [0.25, 0.3) is 10.8 Å². The van der Waals surface area contributed by atoms with Crippen molar-refractivity contribution in [1.29, 1.82) is 5.26 Å². The zero-order valence-corrected chi connectivity index (χ0v) is 11.6. The summed E-state index contributed by atoms with van der Waals surface area (Å²) in [5.41, 5.74) is 7.68. The van der Waals surface area contributed by atoms with Crippen LogP contribution in [0, 0.1) is 11.3 Å². The summed E-state index contributed by atoms with van der Waals surface area (Å²) >= 11 is 0. The molecule has 1 heterocycles. The van der Waals surface area contributed by atoms with Crippen LogP contribution in [0.3, 0.4) is 0 Å². The Morgan fingerprint density at radius 3 is 2.86 bits per heavy atom. The van der Waals surface area contributed by atoms with Gasteiger partial charge in [0.25, 0.3) is 5.91 Å². The Hall–Kier alpha value is -3.39. The molecule has 0 aliphatic carbocycles. The average Bonchev–Trinajstić information content (AvgIpc) is 2.54. The van der Waals surface area contributed by atoms with Gasteiger partial charge >= 0.3 is 0 Å². The first-order chi connectivity index (χ1) is 10.7. The molecule has 0 fully saturated rings. The molecule has 5 nitrogen and oxygen atoms in total. The van der Waals surface area contributed by atoms with Crippen molar-refractivity contribution in [3.63, 3.8) is 0 Å². The first-order valence-electron chi connectivity index (χ1n) is 6.63. The van der Waals surface area contributed by atoms with Gasteiger partial charge in [-0.15, -0.1) is 0 Å². The Labute approximate surface area is 127 Å². The standard InChI is InChI=1S/C17H12N4O/c18-10-11-2-1-3-14(8-11)21-17(22)16-15-9-13(19)5-4-12(15)6-7-20-16/h1-9H,19H2,(H,21,22). The summed E-state index contributed by atoms with van der Waals surface area (Å²) in [5.74, 6) is -0.341. The lowest BCUT2D eigenvalue weighted by Gasteiger charge is -2.08. The Balaban J connectivity index is 1.99. The number of fused-ring (bicyclic) bond motifs is 1. The van der Waals surface area contributed by atoms with Crippen molar-refractivity contribution in [2.24, 2.45) is 0 Å². The van der Waals surface area contributed by atoms with Crippen molar-refractivity contribution < 1.29 is 4.79 Å². The van der Waals surface area contributed by atoms with E-state index in [-0.39, 0.29) is 5.91 Å². The molecule has 0 saturated carbocycles. The molecule has 0 unspecified atom stereocenters. The van der Waals surface area contributed by atoms with E-state index in [0.29, 0.717) is 28.0 Å². The van der Waals surface area contributed by atoms with Crippen LogP contribution < -0.4 is 11.1 Å². The number of hydrogen-bond acceptors (Lipinski definition) is 4. The number of nitriles is 1. The lowest BCUT2D eigenvalue weighted by Crippen LogP contribution is -2.14. The minimum absolute atomic E-state index is 0.298. The lowest BCUT2D eigenvalue weighted by atomic mass is 10.1. The number of anilines is 2. The number of nitrogens with one attached hydrogen (secondary N) is 1. The fourth-order valence-electron chi connectivity index (χ4n) is 2.22. The summed E-state index contributed by atoms with van der Waals surface area (Å²) < 4.78 is 0. The van der Waals surface area contributed by atoms with Crippen molar-refractivity contribution in [2.75, 3.05) is 11.1 Å². The molecule has 22 heavy (non-hydrogen) atoms. The highest BCUT2D eigenvalue weighted by atomic mass is 16.1. The van der Waals surface area contributed by atoms with Crippen LogP contribution in [0.4, 0.5) is 11.4 Å². The van der Waals surface area contributed by atoms with E-state index in [1.165, 1.54) is 0 Å². The fourth-order valence-corrected chi connectivity index (χ4v) is 2.22. The zero-order chi connectivity index (χ0) is 15.5. The number of amides is 1. The van der Waals surface area contributed by atoms with E-state index in [1.54, 1.807) is 42.6 Å². The monoisotopic (exact) mass is 288 g/mol. The maximum atomic E-state index is 12.4. The van der Waals surface area contributed by atoms with Crippen molar-refractivity contribution in [2.45, 2.75) is 0 Å². The molecule has 0 atom stereocenters. The van der Waals surface area contributed by atoms with Crippen molar-refractivity contribution in [1.82, 2.24) is 4.98 Å². The number of nitrogens with zero attached hydrogens (tertiary/aromatic N) is 2. The average molecular weight is 288 g/mol. The molecular weight excluding hydrogens is 276 g/mol. The van der Waals surface area contributed by atoms with E-state index in [0.717, 1.165) is 5.39 Å². The molecule has 1 amide bonds. The van der Waals surface area contributed by atoms with Gasteiger partial charge < -0.3 is 11.1 Å².